The molecule has 6 nitrogen and oxygen atoms in total. The van der Waals surface area contributed by atoms with Crippen molar-refractivity contribution >= 4 is 5.91 Å². The number of carbonyl (C=O) groups excluding carboxylic acids is 1. The molecule has 0 fully saturated rings. The number of nitrogens with one attached hydrogen (secondary N) is 1. The van der Waals surface area contributed by atoms with Crippen LogP contribution in [0.2, 0.25) is 0 Å². The van der Waals surface area contributed by atoms with E-state index in [1.54, 1.807) is 10.9 Å². The van der Waals surface area contributed by atoms with Crippen LogP contribution in [0.25, 0.3) is 0 Å². The highest BCUT2D eigenvalue weighted by atomic mass is 16.2. The lowest BCUT2D eigenvalue weighted by Crippen LogP contribution is -2.33. The van der Waals surface area contributed by atoms with Gasteiger partial charge in [-0.15, -0.1) is 0 Å². The normalized spacial score (nSPS) is 14.0. The molecule has 2 unspecified atom stereocenters. The van der Waals surface area contributed by atoms with Crippen LogP contribution in [0.15, 0.2) is 18.5 Å². The summed E-state index contributed by atoms with van der Waals surface area (Å²) >= 11 is 0. The fraction of sp³-hybridized carbons (Fsp3) is 0.533. The van der Waals surface area contributed by atoms with Crippen molar-refractivity contribution in [3.8, 4) is 0 Å². The second-order valence-electron chi connectivity index (χ2n) is 5.35. The van der Waals surface area contributed by atoms with Gasteiger partial charge in [-0.3, -0.25) is 14.2 Å². The molecule has 0 radical (unpaired) electrons. The van der Waals surface area contributed by atoms with Crippen molar-refractivity contribution in [2.45, 2.75) is 53.2 Å². The molecule has 0 aliphatic carbocycles. The van der Waals surface area contributed by atoms with Gasteiger partial charge in [0.1, 0.15) is 6.04 Å². The Hall–Kier alpha value is -2.11. The number of hydrogen-bond donors (Lipinski definition) is 1. The van der Waals surface area contributed by atoms with Crippen molar-refractivity contribution in [2.75, 3.05) is 0 Å². The van der Waals surface area contributed by atoms with E-state index in [4.69, 9.17) is 0 Å². The molecule has 0 spiro atoms. The zero-order valence-corrected chi connectivity index (χ0v) is 13.3. The average Bonchev–Trinajstić information content (AvgIpc) is 3.03. The van der Waals surface area contributed by atoms with Gasteiger partial charge in [0.05, 0.1) is 11.7 Å². The highest BCUT2D eigenvalue weighted by Crippen LogP contribution is 2.17. The third-order valence-corrected chi connectivity index (χ3v) is 3.75. The molecular weight excluding hydrogens is 266 g/mol. The molecule has 0 aromatic carbocycles. The van der Waals surface area contributed by atoms with Gasteiger partial charge in [0.25, 0.3) is 0 Å². The average molecular weight is 289 g/mol. The van der Waals surface area contributed by atoms with Gasteiger partial charge in [-0.25, -0.2) is 0 Å². The molecule has 0 bridgehead atoms. The van der Waals surface area contributed by atoms with Gasteiger partial charge in [0.2, 0.25) is 5.91 Å². The van der Waals surface area contributed by atoms with E-state index in [9.17, 15) is 4.79 Å². The fourth-order valence-corrected chi connectivity index (χ4v) is 2.43. The molecule has 1 N–H and O–H groups in total. The molecule has 2 aromatic heterocycles. The van der Waals surface area contributed by atoms with Crippen molar-refractivity contribution in [3.63, 3.8) is 0 Å². The molecule has 2 aromatic rings. The highest BCUT2D eigenvalue weighted by molar-refractivity contribution is 5.80. The van der Waals surface area contributed by atoms with E-state index in [0.29, 0.717) is 0 Å². The van der Waals surface area contributed by atoms with Crippen molar-refractivity contribution in [1.29, 1.82) is 0 Å². The summed E-state index contributed by atoms with van der Waals surface area (Å²) < 4.78 is 3.61. The minimum absolute atomic E-state index is 0.0436. The van der Waals surface area contributed by atoms with Crippen LogP contribution >= 0.6 is 0 Å². The predicted molar refractivity (Wildman–Crippen MR) is 80.9 cm³/mol. The van der Waals surface area contributed by atoms with Crippen LogP contribution in [0.5, 0.6) is 0 Å². The monoisotopic (exact) mass is 289 g/mol. The SMILES string of the molecule is CCn1cc(C(C)NC(=O)C(C)n2nccc2C)c(C)n1. The largest absolute Gasteiger partial charge is 0.348 e. The van der Waals surface area contributed by atoms with E-state index in [1.807, 2.05) is 51.6 Å². The van der Waals surface area contributed by atoms with Crippen molar-refractivity contribution in [1.82, 2.24) is 24.9 Å². The number of nitrogens with zero attached hydrogens (tertiary/aromatic N) is 4. The Kier molecular flexibility index (Phi) is 4.45. The lowest BCUT2D eigenvalue weighted by molar-refractivity contribution is -0.124. The molecule has 21 heavy (non-hydrogen) atoms. The minimum Gasteiger partial charge on any atom is -0.348 e. The lowest BCUT2D eigenvalue weighted by atomic mass is 10.1. The summed E-state index contributed by atoms with van der Waals surface area (Å²) in [6.07, 6.45) is 3.70. The van der Waals surface area contributed by atoms with Gasteiger partial charge in [-0.05, 0) is 40.7 Å². The Morgan fingerprint density at radius 1 is 1.38 bits per heavy atom. The van der Waals surface area contributed by atoms with E-state index in [0.717, 1.165) is 23.5 Å². The Morgan fingerprint density at radius 3 is 2.62 bits per heavy atom. The van der Waals surface area contributed by atoms with Crippen LogP contribution in [-0.2, 0) is 11.3 Å². The van der Waals surface area contributed by atoms with Crippen molar-refractivity contribution in [3.05, 3.63) is 35.4 Å². The van der Waals surface area contributed by atoms with Crippen LogP contribution < -0.4 is 5.32 Å². The van der Waals surface area contributed by atoms with Crippen LogP contribution in [0.1, 0.15) is 49.8 Å². The Bertz CT molecular complexity index is 628. The van der Waals surface area contributed by atoms with E-state index >= 15 is 0 Å². The Labute approximate surface area is 125 Å². The summed E-state index contributed by atoms with van der Waals surface area (Å²) in [5, 5.41) is 11.6. The molecular formula is C15H23N5O. The van der Waals surface area contributed by atoms with Gasteiger partial charge in [-0.2, -0.15) is 10.2 Å². The Morgan fingerprint density at radius 2 is 2.10 bits per heavy atom. The summed E-state index contributed by atoms with van der Waals surface area (Å²) in [6.45, 7) is 10.6. The molecule has 0 saturated carbocycles. The maximum atomic E-state index is 12.4. The molecule has 114 valence electrons. The predicted octanol–water partition coefficient (Wildman–Crippen LogP) is 2.15. The first-order valence-corrected chi connectivity index (χ1v) is 7.28. The topological polar surface area (TPSA) is 64.7 Å². The number of carbonyl (C=O) groups is 1. The van der Waals surface area contributed by atoms with Gasteiger partial charge in [-0.1, -0.05) is 0 Å². The zero-order valence-electron chi connectivity index (χ0n) is 13.3. The van der Waals surface area contributed by atoms with E-state index in [2.05, 4.69) is 15.5 Å². The number of amides is 1. The summed E-state index contributed by atoms with van der Waals surface area (Å²) in [6, 6.07) is 1.49. The molecule has 0 saturated heterocycles. The van der Waals surface area contributed by atoms with E-state index in [1.165, 1.54) is 0 Å². The first-order chi connectivity index (χ1) is 9.93. The second-order valence-corrected chi connectivity index (χ2v) is 5.35. The maximum absolute atomic E-state index is 12.4. The van der Waals surface area contributed by atoms with Crippen molar-refractivity contribution < 1.29 is 4.79 Å². The second kappa shape index (κ2) is 6.11. The van der Waals surface area contributed by atoms with Crippen LogP contribution in [0.3, 0.4) is 0 Å². The first kappa shape index (κ1) is 15.3. The van der Waals surface area contributed by atoms with Gasteiger partial charge >= 0.3 is 0 Å². The van der Waals surface area contributed by atoms with Crippen LogP contribution in [0, 0.1) is 13.8 Å². The van der Waals surface area contributed by atoms with Crippen molar-refractivity contribution in [2.24, 2.45) is 0 Å². The molecule has 0 aliphatic heterocycles. The maximum Gasteiger partial charge on any atom is 0.245 e. The van der Waals surface area contributed by atoms with Gasteiger partial charge < -0.3 is 5.32 Å². The third-order valence-electron chi connectivity index (χ3n) is 3.75. The molecule has 6 heteroatoms. The summed E-state index contributed by atoms with van der Waals surface area (Å²) in [5.41, 5.74) is 2.97. The standard InChI is InChI=1S/C15H23N5O/c1-6-19-9-14(12(4)18-19)11(3)17-15(21)13(5)20-10(2)7-8-16-20/h7-9,11,13H,6H2,1-5H3,(H,17,21). The number of hydrogen-bond acceptors (Lipinski definition) is 3. The molecule has 0 aliphatic rings. The molecule has 2 heterocycles. The molecule has 2 atom stereocenters. The number of aromatic nitrogens is 4. The van der Waals surface area contributed by atoms with E-state index in [-0.39, 0.29) is 18.0 Å². The Balaban J connectivity index is 2.08. The smallest absolute Gasteiger partial charge is 0.245 e. The fourth-order valence-electron chi connectivity index (χ4n) is 2.43. The van der Waals surface area contributed by atoms with Crippen LogP contribution in [-0.4, -0.2) is 25.5 Å². The lowest BCUT2D eigenvalue weighted by Gasteiger charge is -2.18. The molecule has 2 rings (SSSR count). The quantitative estimate of drug-likeness (QED) is 0.917. The van der Waals surface area contributed by atoms with Gasteiger partial charge in [0, 0.05) is 30.2 Å². The summed E-state index contributed by atoms with van der Waals surface area (Å²) in [7, 11) is 0. The summed E-state index contributed by atoms with van der Waals surface area (Å²) in [4.78, 5) is 12.4. The number of aryl methyl sites for hydroxylation is 3. The molecule has 1 amide bonds. The summed E-state index contributed by atoms with van der Waals surface area (Å²) in [5.74, 6) is -0.0436. The minimum atomic E-state index is -0.330. The highest BCUT2D eigenvalue weighted by Gasteiger charge is 2.21. The number of rotatable bonds is 5. The third kappa shape index (κ3) is 3.15. The first-order valence-electron chi connectivity index (χ1n) is 7.28. The zero-order chi connectivity index (χ0) is 15.6. The van der Waals surface area contributed by atoms with Crippen LogP contribution in [0.4, 0.5) is 0 Å². The van der Waals surface area contributed by atoms with Gasteiger partial charge in [0.15, 0.2) is 0 Å². The van der Waals surface area contributed by atoms with E-state index < -0.39 is 0 Å².